The van der Waals surface area contributed by atoms with Crippen molar-refractivity contribution < 1.29 is 42.1 Å². The van der Waals surface area contributed by atoms with Gasteiger partial charge in [-0.25, -0.2) is 0 Å². The number of carbonyl (C=O) groups is 2. The highest BCUT2D eigenvalue weighted by molar-refractivity contribution is 5.88. The van der Waals surface area contributed by atoms with Gasteiger partial charge in [-0.15, -0.1) is 0 Å². The van der Waals surface area contributed by atoms with Crippen molar-refractivity contribution in [2.45, 2.75) is 87.6 Å². The number of anilines is 1. The molecule has 0 spiro atoms. The van der Waals surface area contributed by atoms with E-state index >= 15 is 4.79 Å². The van der Waals surface area contributed by atoms with Crippen LogP contribution in [0.25, 0.3) is 0 Å². The molecular formula is C38H50F3N3O6. The van der Waals surface area contributed by atoms with Gasteiger partial charge in [-0.1, -0.05) is 31.0 Å². The van der Waals surface area contributed by atoms with Gasteiger partial charge >= 0.3 is 12.1 Å². The van der Waals surface area contributed by atoms with Gasteiger partial charge in [-0.05, 0) is 74.4 Å². The SMILES string of the molecule is CCO[C@@]1(C(=O)N2C[C@H](c3ccc(C(F)(F)F)cc3N3CCC(C(=O)O)CC3)C[C@H]2COC)CN(C2CCCC2)C[C@H]1c1ccc(OC)cc1. The van der Waals surface area contributed by atoms with Crippen LogP contribution in [0.2, 0.25) is 0 Å². The first kappa shape index (κ1) is 36.4. The molecule has 0 bridgehead atoms. The van der Waals surface area contributed by atoms with Crippen LogP contribution in [0.3, 0.4) is 0 Å². The van der Waals surface area contributed by atoms with E-state index < -0.39 is 29.2 Å². The molecule has 4 atom stereocenters. The number of carboxylic acids is 1. The van der Waals surface area contributed by atoms with Gasteiger partial charge in [-0.3, -0.25) is 14.5 Å². The number of hydrogen-bond acceptors (Lipinski definition) is 7. The number of rotatable bonds is 11. The molecule has 0 radical (unpaired) electrons. The fourth-order valence-corrected chi connectivity index (χ4v) is 8.99. The Morgan fingerprint density at radius 2 is 1.68 bits per heavy atom. The van der Waals surface area contributed by atoms with E-state index in [0.29, 0.717) is 70.3 Å². The highest BCUT2D eigenvalue weighted by Gasteiger charge is 2.58. The molecule has 0 aromatic heterocycles. The summed E-state index contributed by atoms with van der Waals surface area (Å²) in [5.41, 5.74) is 0.296. The molecule has 3 heterocycles. The number of alkyl halides is 3. The number of ether oxygens (including phenoxy) is 3. The second-order valence-electron chi connectivity index (χ2n) is 14.4. The molecule has 1 amide bonds. The topological polar surface area (TPSA) is 91.8 Å². The van der Waals surface area contributed by atoms with Gasteiger partial charge in [0, 0.05) is 70.0 Å². The van der Waals surface area contributed by atoms with Crippen LogP contribution >= 0.6 is 0 Å². The molecule has 2 aromatic rings. The Kier molecular flexibility index (Phi) is 11.0. The molecule has 4 aliphatic rings. The average molecular weight is 702 g/mol. The van der Waals surface area contributed by atoms with Gasteiger partial charge in [-0.2, -0.15) is 13.2 Å². The number of carbonyl (C=O) groups excluding carboxylic acids is 1. The fraction of sp³-hybridized carbons (Fsp3) is 0.632. The maximum absolute atomic E-state index is 15.2. The van der Waals surface area contributed by atoms with Gasteiger partial charge in [0.1, 0.15) is 5.75 Å². The third-order valence-electron chi connectivity index (χ3n) is 11.6. The molecule has 6 rings (SSSR count). The lowest BCUT2D eigenvalue weighted by atomic mass is 9.83. The number of aliphatic carboxylic acids is 1. The molecule has 1 saturated carbocycles. The van der Waals surface area contributed by atoms with E-state index in [2.05, 4.69) is 4.90 Å². The van der Waals surface area contributed by atoms with Gasteiger partial charge in [0.2, 0.25) is 0 Å². The van der Waals surface area contributed by atoms with Gasteiger partial charge in [0.15, 0.2) is 5.60 Å². The Hall–Kier alpha value is -3.35. The average Bonchev–Trinajstić information content (AvgIpc) is 3.88. The highest BCUT2D eigenvalue weighted by atomic mass is 19.4. The second kappa shape index (κ2) is 15.1. The summed E-state index contributed by atoms with van der Waals surface area (Å²) in [5, 5.41) is 9.54. The highest BCUT2D eigenvalue weighted by Crippen LogP contribution is 2.47. The van der Waals surface area contributed by atoms with Crippen LogP contribution < -0.4 is 9.64 Å². The summed E-state index contributed by atoms with van der Waals surface area (Å²) >= 11 is 0. The second-order valence-corrected chi connectivity index (χ2v) is 14.4. The lowest BCUT2D eigenvalue weighted by Gasteiger charge is -2.39. The molecule has 1 N–H and O–H groups in total. The molecule has 4 fully saturated rings. The number of halogens is 3. The van der Waals surface area contributed by atoms with Crippen LogP contribution in [-0.2, 0) is 25.2 Å². The summed E-state index contributed by atoms with van der Waals surface area (Å²) in [6, 6.07) is 11.8. The maximum atomic E-state index is 15.2. The third kappa shape index (κ3) is 7.21. The smallest absolute Gasteiger partial charge is 0.416 e. The zero-order valence-corrected chi connectivity index (χ0v) is 29.3. The van der Waals surface area contributed by atoms with Crippen molar-refractivity contribution in [2.75, 3.05) is 65.1 Å². The molecule has 0 unspecified atom stereocenters. The van der Waals surface area contributed by atoms with E-state index in [4.69, 9.17) is 14.2 Å². The Labute approximate surface area is 292 Å². The first-order valence-electron chi connectivity index (χ1n) is 18.0. The fourth-order valence-electron chi connectivity index (χ4n) is 8.99. The number of benzene rings is 2. The van der Waals surface area contributed by atoms with E-state index in [9.17, 15) is 23.1 Å². The van der Waals surface area contributed by atoms with E-state index in [-0.39, 0.29) is 30.4 Å². The van der Waals surface area contributed by atoms with Crippen molar-refractivity contribution in [1.82, 2.24) is 9.80 Å². The quantitative estimate of drug-likeness (QED) is 0.298. The van der Waals surface area contributed by atoms with E-state index in [1.165, 1.54) is 6.07 Å². The zero-order chi connectivity index (χ0) is 35.6. The van der Waals surface area contributed by atoms with Crippen LogP contribution in [0, 0.1) is 5.92 Å². The maximum Gasteiger partial charge on any atom is 0.416 e. The van der Waals surface area contributed by atoms with Crippen molar-refractivity contribution in [1.29, 1.82) is 0 Å². The molecule has 3 aliphatic heterocycles. The standard InChI is InChI=1S/C38H50F3N3O6/c1-4-50-37(24-43(29-7-5-6-8-29)22-33(37)25-9-12-31(49-3)13-10-25)36(47)44-21-27(19-30(44)23-48-2)32-14-11-28(38(39,40)41)20-34(32)42-17-15-26(16-18-42)35(45)46/h9-14,20,26-27,29-30,33H,4-8,15-19,21-24H2,1-3H3,(H,45,46)/t27-,30+,33+,37+/m1/s1. The molecule has 50 heavy (non-hydrogen) atoms. The minimum atomic E-state index is -4.53. The van der Waals surface area contributed by atoms with Gasteiger partial charge < -0.3 is 29.1 Å². The Bertz CT molecular complexity index is 1490. The first-order chi connectivity index (χ1) is 24.0. The number of nitrogens with zero attached hydrogens (tertiary/aromatic N) is 3. The van der Waals surface area contributed by atoms with Gasteiger partial charge in [0.05, 0.1) is 31.2 Å². The molecule has 1 aliphatic carbocycles. The number of methoxy groups -OCH3 is 2. The lowest BCUT2D eigenvalue weighted by Crippen LogP contribution is -2.57. The summed E-state index contributed by atoms with van der Waals surface area (Å²) in [5.74, 6) is -1.26. The van der Waals surface area contributed by atoms with Crippen LogP contribution in [0.15, 0.2) is 42.5 Å². The molecule has 274 valence electrons. The molecule has 2 aromatic carbocycles. The number of carboxylic acid groups (broad SMARTS) is 1. The molecule has 9 nitrogen and oxygen atoms in total. The predicted molar refractivity (Wildman–Crippen MR) is 183 cm³/mol. The zero-order valence-electron chi connectivity index (χ0n) is 29.3. The Morgan fingerprint density at radius 1 is 0.980 bits per heavy atom. The molecule has 12 heteroatoms. The minimum absolute atomic E-state index is 0.110. The number of likely N-dealkylation sites (tertiary alicyclic amines) is 2. The van der Waals surface area contributed by atoms with E-state index in [1.54, 1.807) is 20.3 Å². The largest absolute Gasteiger partial charge is 0.497 e. The summed E-state index contributed by atoms with van der Waals surface area (Å²) in [6.07, 6.45) is 1.20. The number of amides is 1. The first-order valence-corrected chi connectivity index (χ1v) is 18.0. The Morgan fingerprint density at radius 3 is 2.28 bits per heavy atom. The van der Waals surface area contributed by atoms with Crippen molar-refractivity contribution in [3.8, 4) is 5.75 Å². The van der Waals surface area contributed by atoms with Crippen molar-refractivity contribution in [3.63, 3.8) is 0 Å². The van der Waals surface area contributed by atoms with Crippen LogP contribution in [0.5, 0.6) is 5.75 Å². The summed E-state index contributed by atoms with van der Waals surface area (Å²) in [4.78, 5) is 33.1. The Balaban J connectivity index is 1.35. The van der Waals surface area contributed by atoms with E-state index in [1.807, 2.05) is 41.0 Å². The van der Waals surface area contributed by atoms with Crippen LogP contribution in [0.1, 0.15) is 80.4 Å². The summed E-state index contributed by atoms with van der Waals surface area (Å²) in [6.45, 7) is 4.69. The molecule has 3 saturated heterocycles. The molecular weight excluding hydrogens is 651 g/mol. The monoisotopic (exact) mass is 701 g/mol. The number of hydrogen-bond donors (Lipinski definition) is 1. The lowest BCUT2D eigenvalue weighted by molar-refractivity contribution is -0.160. The van der Waals surface area contributed by atoms with Gasteiger partial charge in [0.25, 0.3) is 5.91 Å². The van der Waals surface area contributed by atoms with E-state index in [0.717, 1.165) is 48.6 Å². The predicted octanol–water partition coefficient (Wildman–Crippen LogP) is 6.16. The minimum Gasteiger partial charge on any atom is -0.497 e. The van der Waals surface area contributed by atoms with Crippen LogP contribution in [-0.4, -0.2) is 105 Å². The summed E-state index contributed by atoms with van der Waals surface area (Å²) < 4.78 is 59.8. The van der Waals surface area contributed by atoms with Crippen molar-refractivity contribution >= 4 is 17.6 Å². The van der Waals surface area contributed by atoms with Crippen molar-refractivity contribution in [3.05, 3.63) is 59.2 Å². The van der Waals surface area contributed by atoms with Crippen molar-refractivity contribution in [2.24, 2.45) is 5.92 Å². The third-order valence-corrected chi connectivity index (χ3v) is 11.6. The normalized spacial score (nSPS) is 27.0. The number of piperidine rings is 1. The summed E-state index contributed by atoms with van der Waals surface area (Å²) in [7, 11) is 3.22. The van der Waals surface area contributed by atoms with Crippen LogP contribution in [0.4, 0.5) is 18.9 Å².